The van der Waals surface area contributed by atoms with Crippen LogP contribution in [0.5, 0.6) is 5.75 Å². The molecule has 5 nitrogen and oxygen atoms in total. The second-order valence-corrected chi connectivity index (χ2v) is 9.18. The standard InChI is InChI=1S/C23H29ClN2O3S/c24-17-12-9-10-13-18(17)29-15-20(27)26-23-21(22(25)28)16-11-7-5-3-1-2-4-6-8-14-19(16)30-23/h9-10,12-13H,1-8,11,14-15H2,(H2,25,28)(H,26,27). The lowest BCUT2D eigenvalue weighted by Crippen LogP contribution is -2.22. The molecule has 2 aromatic rings. The second-order valence-electron chi connectivity index (χ2n) is 7.67. The number of hydrogen-bond acceptors (Lipinski definition) is 4. The zero-order chi connectivity index (χ0) is 21.3. The number of carbonyl (C=O) groups excluding carboxylic acids is 2. The normalized spacial score (nSPS) is 15.4. The lowest BCUT2D eigenvalue weighted by atomic mass is 9.97. The number of amides is 2. The maximum absolute atomic E-state index is 12.5. The van der Waals surface area contributed by atoms with E-state index in [1.807, 2.05) is 0 Å². The molecule has 30 heavy (non-hydrogen) atoms. The van der Waals surface area contributed by atoms with Gasteiger partial charge in [-0.3, -0.25) is 9.59 Å². The molecule has 1 heterocycles. The molecule has 1 aliphatic rings. The van der Waals surface area contributed by atoms with Gasteiger partial charge in [-0.25, -0.2) is 0 Å². The zero-order valence-corrected chi connectivity index (χ0v) is 18.7. The van der Waals surface area contributed by atoms with E-state index >= 15 is 0 Å². The van der Waals surface area contributed by atoms with Crippen molar-refractivity contribution in [2.75, 3.05) is 11.9 Å². The highest BCUT2D eigenvalue weighted by atomic mass is 35.5. The van der Waals surface area contributed by atoms with Gasteiger partial charge in [0, 0.05) is 4.88 Å². The second kappa shape index (κ2) is 11.4. The number of fused-ring (bicyclic) bond motifs is 1. The van der Waals surface area contributed by atoms with E-state index in [1.165, 1.54) is 48.3 Å². The van der Waals surface area contributed by atoms with Crippen molar-refractivity contribution in [2.24, 2.45) is 5.73 Å². The molecule has 0 atom stereocenters. The largest absolute Gasteiger partial charge is 0.482 e. The first-order valence-electron chi connectivity index (χ1n) is 10.7. The van der Waals surface area contributed by atoms with Crippen molar-refractivity contribution in [3.8, 4) is 5.75 Å². The van der Waals surface area contributed by atoms with Crippen LogP contribution in [0.2, 0.25) is 5.02 Å². The van der Waals surface area contributed by atoms with E-state index in [1.54, 1.807) is 24.3 Å². The Kier molecular flexibility index (Phi) is 8.58. The molecule has 0 saturated heterocycles. The molecule has 1 aliphatic carbocycles. The van der Waals surface area contributed by atoms with Crippen LogP contribution < -0.4 is 15.8 Å². The number of hydrogen-bond donors (Lipinski definition) is 2. The van der Waals surface area contributed by atoms with Crippen LogP contribution in [0.15, 0.2) is 24.3 Å². The molecule has 3 rings (SSSR count). The molecular formula is C23H29ClN2O3S. The number of halogens is 1. The summed E-state index contributed by atoms with van der Waals surface area (Å²) in [6.07, 6.45) is 11.3. The van der Waals surface area contributed by atoms with E-state index < -0.39 is 5.91 Å². The number of ether oxygens (including phenoxy) is 1. The highest BCUT2D eigenvalue weighted by Crippen LogP contribution is 2.36. The SMILES string of the molecule is NC(=O)c1c(NC(=O)COc2ccccc2Cl)sc2c1CCCCCCCCCC2. The van der Waals surface area contributed by atoms with Crippen molar-refractivity contribution in [3.05, 3.63) is 45.3 Å². The van der Waals surface area contributed by atoms with Gasteiger partial charge in [0.15, 0.2) is 6.61 Å². The number of aryl methyl sites for hydroxylation is 1. The lowest BCUT2D eigenvalue weighted by molar-refractivity contribution is -0.118. The molecule has 3 N–H and O–H groups in total. The van der Waals surface area contributed by atoms with Gasteiger partial charge in [0.2, 0.25) is 0 Å². The summed E-state index contributed by atoms with van der Waals surface area (Å²) in [7, 11) is 0. The molecule has 1 aromatic heterocycles. The third-order valence-corrected chi connectivity index (χ3v) is 6.89. The van der Waals surface area contributed by atoms with Gasteiger partial charge in [0.05, 0.1) is 10.6 Å². The Hall–Kier alpha value is -2.05. The molecule has 2 amide bonds. The predicted molar refractivity (Wildman–Crippen MR) is 123 cm³/mol. The topological polar surface area (TPSA) is 81.4 Å². The quantitative estimate of drug-likeness (QED) is 0.612. The number of para-hydroxylation sites is 1. The summed E-state index contributed by atoms with van der Waals surface area (Å²) < 4.78 is 5.52. The number of nitrogens with one attached hydrogen (secondary N) is 1. The molecule has 7 heteroatoms. The first-order chi connectivity index (χ1) is 14.6. The van der Waals surface area contributed by atoms with Gasteiger partial charge in [0.1, 0.15) is 10.8 Å². The fourth-order valence-electron chi connectivity index (χ4n) is 3.84. The molecule has 162 valence electrons. The Morgan fingerprint density at radius 3 is 2.30 bits per heavy atom. The zero-order valence-electron chi connectivity index (χ0n) is 17.2. The van der Waals surface area contributed by atoms with Crippen LogP contribution in [0, 0.1) is 0 Å². The number of benzene rings is 1. The fourth-order valence-corrected chi connectivity index (χ4v) is 5.34. The van der Waals surface area contributed by atoms with E-state index in [9.17, 15) is 9.59 Å². The van der Waals surface area contributed by atoms with Crippen molar-refractivity contribution in [2.45, 2.75) is 64.2 Å². The summed E-state index contributed by atoms with van der Waals surface area (Å²) in [6.45, 7) is -0.190. The summed E-state index contributed by atoms with van der Waals surface area (Å²) in [5.74, 6) is -0.376. The van der Waals surface area contributed by atoms with E-state index in [0.717, 1.165) is 37.7 Å². The Morgan fingerprint density at radius 2 is 1.63 bits per heavy atom. The maximum atomic E-state index is 12.5. The van der Waals surface area contributed by atoms with Crippen LogP contribution in [0.1, 0.15) is 72.2 Å². The maximum Gasteiger partial charge on any atom is 0.262 e. The first kappa shape index (κ1) is 22.6. The van der Waals surface area contributed by atoms with Gasteiger partial charge in [-0.1, -0.05) is 62.3 Å². The molecule has 0 saturated carbocycles. The molecule has 0 radical (unpaired) electrons. The van der Waals surface area contributed by atoms with Crippen LogP contribution in [-0.2, 0) is 17.6 Å². The summed E-state index contributed by atoms with van der Waals surface area (Å²) in [6, 6.07) is 7.00. The smallest absolute Gasteiger partial charge is 0.262 e. The monoisotopic (exact) mass is 448 g/mol. The summed E-state index contributed by atoms with van der Waals surface area (Å²) in [5.41, 5.74) is 7.22. The molecule has 1 aromatic carbocycles. The number of nitrogens with two attached hydrogens (primary N) is 1. The average Bonchev–Trinajstić information content (AvgIpc) is 3.04. The number of thiophene rings is 1. The van der Waals surface area contributed by atoms with E-state index in [4.69, 9.17) is 22.1 Å². The molecular weight excluding hydrogens is 420 g/mol. The van der Waals surface area contributed by atoms with Crippen LogP contribution in [0.25, 0.3) is 0 Å². The third-order valence-electron chi connectivity index (χ3n) is 5.37. The van der Waals surface area contributed by atoms with Gasteiger partial charge in [-0.15, -0.1) is 11.3 Å². The molecule has 0 unspecified atom stereocenters. The van der Waals surface area contributed by atoms with Crippen molar-refractivity contribution in [1.82, 2.24) is 0 Å². The minimum Gasteiger partial charge on any atom is -0.482 e. The molecule has 0 fully saturated rings. The van der Waals surface area contributed by atoms with Crippen molar-refractivity contribution in [1.29, 1.82) is 0 Å². The van der Waals surface area contributed by atoms with E-state index in [-0.39, 0.29) is 12.5 Å². The third kappa shape index (κ3) is 6.22. The number of rotatable bonds is 5. The average molecular weight is 449 g/mol. The first-order valence-corrected chi connectivity index (χ1v) is 11.9. The number of carbonyl (C=O) groups is 2. The van der Waals surface area contributed by atoms with E-state index in [0.29, 0.717) is 21.3 Å². The molecule has 0 spiro atoms. The Labute approximate surface area is 186 Å². The van der Waals surface area contributed by atoms with Crippen LogP contribution in [-0.4, -0.2) is 18.4 Å². The number of primary amides is 1. The number of anilines is 1. The Bertz CT molecular complexity index is 881. The molecule has 0 aliphatic heterocycles. The molecule has 0 bridgehead atoms. The van der Waals surface area contributed by atoms with Gasteiger partial charge in [0.25, 0.3) is 11.8 Å². The van der Waals surface area contributed by atoms with Gasteiger partial charge in [-0.2, -0.15) is 0 Å². The van der Waals surface area contributed by atoms with Crippen LogP contribution in [0.4, 0.5) is 5.00 Å². The highest BCUT2D eigenvalue weighted by Gasteiger charge is 2.23. The van der Waals surface area contributed by atoms with Gasteiger partial charge < -0.3 is 15.8 Å². The Balaban J connectivity index is 1.74. The fraction of sp³-hybridized carbons (Fsp3) is 0.478. The lowest BCUT2D eigenvalue weighted by Gasteiger charge is -2.10. The van der Waals surface area contributed by atoms with Crippen molar-refractivity contribution < 1.29 is 14.3 Å². The van der Waals surface area contributed by atoms with E-state index in [2.05, 4.69) is 5.32 Å². The summed E-state index contributed by atoms with van der Waals surface area (Å²) in [5, 5.41) is 3.83. The van der Waals surface area contributed by atoms with Gasteiger partial charge >= 0.3 is 0 Å². The minimum absolute atomic E-state index is 0.190. The summed E-state index contributed by atoms with van der Waals surface area (Å²) >= 11 is 7.55. The Morgan fingerprint density at radius 1 is 1.00 bits per heavy atom. The highest BCUT2D eigenvalue weighted by molar-refractivity contribution is 7.17. The van der Waals surface area contributed by atoms with Crippen LogP contribution in [0.3, 0.4) is 0 Å². The van der Waals surface area contributed by atoms with Crippen molar-refractivity contribution >= 4 is 39.8 Å². The van der Waals surface area contributed by atoms with Gasteiger partial charge in [-0.05, 0) is 43.4 Å². The van der Waals surface area contributed by atoms with Crippen molar-refractivity contribution in [3.63, 3.8) is 0 Å². The van der Waals surface area contributed by atoms with Crippen LogP contribution >= 0.6 is 22.9 Å². The predicted octanol–water partition coefficient (Wildman–Crippen LogP) is 5.74. The summed E-state index contributed by atoms with van der Waals surface area (Å²) in [4.78, 5) is 25.9. The minimum atomic E-state index is -0.484.